The Kier molecular flexibility index (Phi) is 8.36. The van der Waals surface area contributed by atoms with Crippen LogP contribution in [0, 0.1) is 0 Å². The number of hydrogen-bond donors (Lipinski definition) is 1. The second-order valence-corrected chi connectivity index (χ2v) is 8.40. The van der Waals surface area contributed by atoms with E-state index in [1.54, 1.807) is 0 Å². The first-order valence-electron chi connectivity index (χ1n) is 11.9. The summed E-state index contributed by atoms with van der Waals surface area (Å²) in [6, 6.07) is 28.0. The minimum Gasteiger partial charge on any atom is -0.487 e. The highest BCUT2D eigenvalue weighted by molar-refractivity contribution is 5.94. The van der Waals surface area contributed by atoms with Gasteiger partial charge in [-0.15, -0.1) is 0 Å². The summed E-state index contributed by atoms with van der Waals surface area (Å²) in [6.07, 6.45) is 2.08. The number of para-hydroxylation sites is 2. The number of nitrogens with one attached hydrogen (secondary N) is 1. The number of carbonyl (C=O) groups excluding carboxylic acids is 1. The molecule has 1 N–H and O–H groups in total. The summed E-state index contributed by atoms with van der Waals surface area (Å²) in [5, 5.41) is 3.02. The van der Waals surface area contributed by atoms with Crippen LogP contribution in [0.1, 0.15) is 28.8 Å². The average Bonchev–Trinajstić information content (AvgIpc) is 2.89. The number of nitrogens with zero attached hydrogens (tertiary/aromatic N) is 2. The van der Waals surface area contributed by atoms with Crippen molar-refractivity contribution in [1.82, 2.24) is 10.2 Å². The summed E-state index contributed by atoms with van der Waals surface area (Å²) >= 11 is 0. The van der Waals surface area contributed by atoms with Gasteiger partial charge in [-0.05, 0) is 49.2 Å². The first-order chi connectivity index (χ1) is 16.3. The molecule has 0 aliphatic carbocycles. The number of amides is 1. The van der Waals surface area contributed by atoms with Crippen molar-refractivity contribution < 1.29 is 9.53 Å². The molecule has 0 saturated carbocycles. The van der Waals surface area contributed by atoms with E-state index in [1.165, 1.54) is 11.3 Å². The summed E-state index contributed by atoms with van der Waals surface area (Å²) in [7, 11) is 0. The zero-order chi connectivity index (χ0) is 22.7. The van der Waals surface area contributed by atoms with Gasteiger partial charge in [0, 0.05) is 38.3 Å². The molecule has 3 aromatic carbocycles. The summed E-state index contributed by atoms with van der Waals surface area (Å²) < 4.78 is 6.16. The van der Waals surface area contributed by atoms with Gasteiger partial charge in [-0.3, -0.25) is 9.69 Å². The second kappa shape index (κ2) is 12.1. The molecule has 172 valence electrons. The van der Waals surface area contributed by atoms with Gasteiger partial charge < -0.3 is 15.0 Å². The van der Waals surface area contributed by atoms with E-state index in [2.05, 4.69) is 45.4 Å². The zero-order valence-corrected chi connectivity index (χ0v) is 19.2. The highest BCUT2D eigenvalue weighted by Crippen LogP contribution is 2.29. The van der Waals surface area contributed by atoms with Gasteiger partial charge >= 0.3 is 0 Å². The number of anilines is 1. The lowest BCUT2D eigenvalue weighted by atomic mass is 10.2. The highest BCUT2D eigenvalue weighted by Gasteiger charge is 2.19. The van der Waals surface area contributed by atoms with Crippen molar-refractivity contribution in [3.8, 4) is 5.75 Å². The summed E-state index contributed by atoms with van der Waals surface area (Å²) in [4.78, 5) is 17.0. The van der Waals surface area contributed by atoms with Crippen LogP contribution >= 0.6 is 0 Å². The lowest BCUT2D eigenvalue weighted by Crippen LogP contribution is -2.46. The van der Waals surface area contributed by atoms with Gasteiger partial charge in [0.05, 0.1) is 5.69 Å². The molecule has 1 amide bonds. The topological polar surface area (TPSA) is 44.8 Å². The zero-order valence-electron chi connectivity index (χ0n) is 19.2. The smallest absolute Gasteiger partial charge is 0.251 e. The number of piperazine rings is 1. The maximum Gasteiger partial charge on any atom is 0.251 e. The van der Waals surface area contributed by atoms with Crippen molar-refractivity contribution in [3.63, 3.8) is 0 Å². The van der Waals surface area contributed by atoms with E-state index in [0.717, 1.165) is 63.4 Å². The third kappa shape index (κ3) is 6.83. The molecule has 0 aromatic heterocycles. The van der Waals surface area contributed by atoms with Gasteiger partial charge in [0.15, 0.2) is 0 Å². The van der Waals surface area contributed by atoms with Crippen molar-refractivity contribution in [1.29, 1.82) is 0 Å². The van der Waals surface area contributed by atoms with Crippen molar-refractivity contribution in [3.05, 3.63) is 96.1 Å². The van der Waals surface area contributed by atoms with Crippen LogP contribution in [0.3, 0.4) is 0 Å². The number of carbonyl (C=O) groups is 1. The van der Waals surface area contributed by atoms with Crippen molar-refractivity contribution >= 4 is 11.6 Å². The van der Waals surface area contributed by atoms with Gasteiger partial charge in [0.25, 0.3) is 5.91 Å². The standard InChI is InChI=1S/C28H33N3O2/c32-28(25-13-5-2-6-14-25)29-17-9-10-18-30-19-21-31(22-20-30)26-15-7-8-16-27(26)33-23-24-11-3-1-4-12-24/h1-8,11-16H,9-10,17-23H2,(H,29,32). The lowest BCUT2D eigenvalue weighted by molar-refractivity contribution is 0.0952. The van der Waals surface area contributed by atoms with Crippen molar-refractivity contribution in [2.24, 2.45) is 0 Å². The molecular formula is C28H33N3O2. The van der Waals surface area contributed by atoms with Crippen LogP contribution in [-0.2, 0) is 6.61 Å². The largest absolute Gasteiger partial charge is 0.487 e. The van der Waals surface area contributed by atoms with Crippen LogP contribution in [-0.4, -0.2) is 50.1 Å². The Morgan fingerprint density at radius 1 is 0.788 bits per heavy atom. The molecule has 0 radical (unpaired) electrons. The van der Waals surface area contributed by atoms with Crippen LogP contribution in [0.5, 0.6) is 5.75 Å². The van der Waals surface area contributed by atoms with E-state index >= 15 is 0 Å². The number of rotatable bonds is 10. The second-order valence-electron chi connectivity index (χ2n) is 8.40. The molecule has 1 saturated heterocycles. The SMILES string of the molecule is O=C(NCCCCN1CCN(c2ccccc2OCc2ccccc2)CC1)c1ccccc1. The fraction of sp³-hybridized carbons (Fsp3) is 0.321. The molecule has 0 spiro atoms. The molecule has 33 heavy (non-hydrogen) atoms. The Morgan fingerprint density at radius 2 is 1.45 bits per heavy atom. The van der Waals surface area contributed by atoms with Gasteiger partial charge in [0.1, 0.15) is 12.4 Å². The molecule has 1 aliphatic heterocycles. The minimum atomic E-state index is 0.0114. The Morgan fingerprint density at radius 3 is 2.21 bits per heavy atom. The van der Waals surface area contributed by atoms with Gasteiger partial charge in [-0.25, -0.2) is 0 Å². The number of ether oxygens (including phenoxy) is 1. The van der Waals surface area contributed by atoms with E-state index in [9.17, 15) is 4.79 Å². The minimum absolute atomic E-state index is 0.0114. The Bertz CT molecular complexity index is 986. The van der Waals surface area contributed by atoms with E-state index in [-0.39, 0.29) is 5.91 Å². The molecule has 5 heteroatoms. The normalized spacial score (nSPS) is 14.1. The van der Waals surface area contributed by atoms with E-state index in [1.807, 2.05) is 54.6 Å². The fourth-order valence-electron chi connectivity index (χ4n) is 4.14. The van der Waals surface area contributed by atoms with E-state index in [0.29, 0.717) is 6.61 Å². The Labute approximate surface area is 197 Å². The van der Waals surface area contributed by atoms with Crippen LogP contribution in [0.25, 0.3) is 0 Å². The molecule has 1 fully saturated rings. The Hall–Kier alpha value is -3.31. The number of benzene rings is 3. The molecule has 0 unspecified atom stereocenters. The molecule has 0 atom stereocenters. The number of hydrogen-bond acceptors (Lipinski definition) is 4. The number of unbranched alkanes of at least 4 members (excludes halogenated alkanes) is 1. The maximum absolute atomic E-state index is 12.1. The molecule has 1 heterocycles. The van der Waals surface area contributed by atoms with Crippen LogP contribution < -0.4 is 15.0 Å². The highest BCUT2D eigenvalue weighted by atomic mass is 16.5. The Balaban J connectivity index is 1.17. The summed E-state index contributed by atoms with van der Waals surface area (Å²) in [5.74, 6) is 0.960. The predicted molar refractivity (Wildman–Crippen MR) is 134 cm³/mol. The monoisotopic (exact) mass is 443 g/mol. The lowest BCUT2D eigenvalue weighted by Gasteiger charge is -2.36. The molecular weight excluding hydrogens is 410 g/mol. The molecule has 5 nitrogen and oxygen atoms in total. The van der Waals surface area contributed by atoms with Crippen LogP contribution in [0.2, 0.25) is 0 Å². The first-order valence-corrected chi connectivity index (χ1v) is 11.9. The van der Waals surface area contributed by atoms with E-state index in [4.69, 9.17) is 4.74 Å². The third-order valence-electron chi connectivity index (χ3n) is 6.04. The van der Waals surface area contributed by atoms with E-state index < -0.39 is 0 Å². The van der Waals surface area contributed by atoms with Gasteiger partial charge in [0.2, 0.25) is 0 Å². The van der Waals surface area contributed by atoms with Crippen molar-refractivity contribution in [2.75, 3.05) is 44.2 Å². The molecule has 1 aliphatic rings. The predicted octanol–water partition coefficient (Wildman–Crippen LogP) is 4.60. The third-order valence-corrected chi connectivity index (χ3v) is 6.04. The summed E-state index contributed by atoms with van der Waals surface area (Å²) in [5.41, 5.74) is 3.08. The fourth-order valence-corrected chi connectivity index (χ4v) is 4.14. The molecule has 4 rings (SSSR count). The maximum atomic E-state index is 12.1. The van der Waals surface area contributed by atoms with Crippen LogP contribution in [0.4, 0.5) is 5.69 Å². The van der Waals surface area contributed by atoms with Gasteiger partial charge in [-0.2, -0.15) is 0 Å². The molecule has 0 bridgehead atoms. The first kappa shape index (κ1) is 22.9. The average molecular weight is 444 g/mol. The van der Waals surface area contributed by atoms with Crippen molar-refractivity contribution in [2.45, 2.75) is 19.4 Å². The van der Waals surface area contributed by atoms with Gasteiger partial charge in [-0.1, -0.05) is 60.7 Å². The quantitative estimate of drug-likeness (QED) is 0.465. The van der Waals surface area contributed by atoms with Crippen LogP contribution in [0.15, 0.2) is 84.9 Å². The molecule has 3 aromatic rings. The summed E-state index contributed by atoms with van der Waals surface area (Å²) in [6.45, 7) is 6.46.